The zero-order valence-electron chi connectivity index (χ0n) is 65.3. The maximum Gasteiger partial charge on any atom is 0.220 e. The van der Waals surface area contributed by atoms with Gasteiger partial charge in [0.1, 0.15) is 73.2 Å². The highest BCUT2D eigenvalue weighted by Crippen LogP contribution is 2.33. The molecule has 3 aliphatic rings. The molecule has 0 bridgehead atoms. The number of allylic oxidation sites excluding steroid dienone is 25. The van der Waals surface area contributed by atoms with Gasteiger partial charge in [0.15, 0.2) is 18.9 Å². The maximum atomic E-state index is 13.5. The molecule has 0 spiro atoms. The molecule has 3 fully saturated rings. The van der Waals surface area contributed by atoms with Crippen LogP contribution >= 0.6 is 0 Å². The number of hydrogen-bond acceptors (Lipinski definition) is 18. The summed E-state index contributed by atoms with van der Waals surface area (Å²) in [4.78, 5) is 13.5. The molecular weight excluding hydrogens is 1360 g/mol. The summed E-state index contributed by atoms with van der Waals surface area (Å²) in [5.74, 6) is -0.300. The van der Waals surface area contributed by atoms with Gasteiger partial charge in [0.2, 0.25) is 5.91 Å². The summed E-state index contributed by atoms with van der Waals surface area (Å²) in [5.41, 5.74) is 0. The van der Waals surface area contributed by atoms with Crippen molar-refractivity contribution in [3.8, 4) is 0 Å². The zero-order chi connectivity index (χ0) is 77.4. The highest BCUT2D eigenvalue weighted by Gasteiger charge is 2.54. The highest BCUT2D eigenvalue weighted by molar-refractivity contribution is 5.76. The third-order valence-corrected chi connectivity index (χ3v) is 19.3. The molecule has 610 valence electrons. The number of hydrogen-bond donors (Lipinski definition) is 12. The smallest absolute Gasteiger partial charge is 0.220 e. The Bertz CT molecular complexity index is 2550. The number of carbonyl (C=O) groups is 1. The molecule has 3 rings (SSSR count). The van der Waals surface area contributed by atoms with E-state index in [1.807, 2.05) is 6.08 Å². The first-order valence-corrected chi connectivity index (χ1v) is 41.2. The number of aliphatic hydroxyl groups excluding tert-OH is 11. The lowest BCUT2D eigenvalue weighted by Crippen LogP contribution is -2.66. The van der Waals surface area contributed by atoms with Gasteiger partial charge in [-0.05, 0) is 122 Å². The van der Waals surface area contributed by atoms with Gasteiger partial charge in [0.25, 0.3) is 0 Å². The van der Waals surface area contributed by atoms with Crippen molar-refractivity contribution in [2.75, 3.05) is 26.4 Å². The van der Waals surface area contributed by atoms with Crippen molar-refractivity contribution in [2.45, 2.75) is 362 Å². The molecule has 1 amide bonds. The maximum absolute atomic E-state index is 13.5. The fraction of sp³-hybridized carbons (Fsp3) is 0.693. The van der Waals surface area contributed by atoms with Crippen molar-refractivity contribution in [3.63, 3.8) is 0 Å². The van der Waals surface area contributed by atoms with Crippen LogP contribution in [0.5, 0.6) is 0 Å². The van der Waals surface area contributed by atoms with E-state index in [0.717, 1.165) is 122 Å². The molecule has 0 aromatic carbocycles. The summed E-state index contributed by atoms with van der Waals surface area (Å²) >= 11 is 0. The summed E-state index contributed by atoms with van der Waals surface area (Å²) in [6.07, 6.45) is 70.8. The van der Waals surface area contributed by atoms with Crippen molar-refractivity contribution in [3.05, 3.63) is 158 Å². The molecule has 3 saturated heterocycles. The van der Waals surface area contributed by atoms with Gasteiger partial charge in [-0.3, -0.25) is 4.79 Å². The molecule has 0 aromatic heterocycles. The van der Waals surface area contributed by atoms with E-state index in [0.29, 0.717) is 12.8 Å². The Balaban J connectivity index is 1.35. The molecule has 17 atom stereocenters. The topological polar surface area (TPSA) is 307 Å². The second kappa shape index (κ2) is 66.1. The predicted molar refractivity (Wildman–Crippen MR) is 429 cm³/mol. The number of ether oxygens (including phenoxy) is 6. The van der Waals surface area contributed by atoms with Crippen LogP contribution in [0.4, 0.5) is 0 Å². The lowest BCUT2D eigenvalue weighted by Gasteiger charge is -2.48. The third kappa shape index (κ3) is 45.5. The minimum Gasteiger partial charge on any atom is -0.394 e. The third-order valence-electron chi connectivity index (χ3n) is 19.3. The van der Waals surface area contributed by atoms with Gasteiger partial charge in [-0.2, -0.15) is 0 Å². The van der Waals surface area contributed by atoms with E-state index in [4.69, 9.17) is 28.4 Å². The van der Waals surface area contributed by atoms with E-state index in [-0.39, 0.29) is 18.9 Å². The van der Waals surface area contributed by atoms with Crippen LogP contribution in [0.15, 0.2) is 158 Å². The van der Waals surface area contributed by atoms with Gasteiger partial charge in [0, 0.05) is 6.42 Å². The second-order valence-electron chi connectivity index (χ2n) is 28.5. The quantitative estimate of drug-likeness (QED) is 0.0199. The van der Waals surface area contributed by atoms with Gasteiger partial charge >= 0.3 is 0 Å². The van der Waals surface area contributed by atoms with Gasteiger partial charge in [-0.15, -0.1) is 0 Å². The lowest BCUT2D eigenvalue weighted by molar-refractivity contribution is -0.379. The average Bonchev–Trinajstić information content (AvgIpc) is 0.782. The van der Waals surface area contributed by atoms with Crippen LogP contribution in [0.25, 0.3) is 0 Å². The Morgan fingerprint density at radius 1 is 0.346 bits per heavy atom. The number of rotatable bonds is 63. The number of unbranched alkanes of at least 4 members (excludes halogenated alkanes) is 23. The van der Waals surface area contributed by atoms with Crippen molar-refractivity contribution < 1.29 is 89.4 Å². The van der Waals surface area contributed by atoms with Crippen molar-refractivity contribution in [1.29, 1.82) is 0 Å². The van der Waals surface area contributed by atoms with E-state index >= 15 is 0 Å². The molecule has 3 aliphatic heterocycles. The standard InChI is InChI=1S/C88H145NO18/c1-3-5-7-9-11-13-15-17-19-21-23-25-26-27-28-29-30-31-32-33-34-35-36-37-38-39-40-41-42-43-44-46-48-50-52-54-56-58-60-62-64-66-76(94)89-71(72(93)65-63-61-59-57-55-53-51-49-47-45-24-22-20-18-16-14-12-10-8-6-4-2)70-102-86-82(100)79(97)84(74(68-91)104-86)107-88-83(101)80(98)85(75(69-92)105-88)106-87-81(99)78(96)77(95)73(67-90)103-87/h5,7,11,13,17,19,23,25,27-28,30-31,33-34,36-37,39-40,42-43,47,49,55,57,63,65,71-75,77-88,90-93,95-101H,3-4,6,8-10,12,14-16,18,20-22,24,26,29,32,35,38,41,44-46,48,50-54,56,58-62,64,66-70H2,1-2H3,(H,89,94)/b7-5-,13-11-,19-17-,25-23-,28-27-,31-30-,34-33-,37-36-,40-39-,43-42-,49-47+,57-55+,65-63+. The van der Waals surface area contributed by atoms with Gasteiger partial charge in [-0.1, -0.05) is 287 Å². The molecule has 0 saturated carbocycles. The molecule has 107 heavy (non-hydrogen) atoms. The fourth-order valence-corrected chi connectivity index (χ4v) is 12.7. The minimum atomic E-state index is -1.99. The Kier molecular flexibility index (Phi) is 59.6. The van der Waals surface area contributed by atoms with E-state index in [9.17, 15) is 61.0 Å². The Labute approximate surface area is 644 Å². The summed E-state index contributed by atoms with van der Waals surface area (Å²) in [6, 6.07) is -1.01. The first-order chi connectivity index (χ1) is 52.3. The van der Waals surface area contributed by atoms with Crippen LogP contribution in [0.1, 0.15) is 258 Å². The van der Waals surface area contributed by atoms with Crippen molar-refractivity contribution >= 4 is 5.91 Å². The van der Waals surface area contributed by atoms with Crippen LogP contribution < -0.4 is 5.32 Å². The van der Waals surface area contributed by atoms with Gasteiger partial charge in [0.05, 0.1) is 38.6 Å². The van der Waals surface area contributed by atoms with E-state index < -0.39 is 124 Å². The molecular formula is C88H145NO18. The number of amides is 1. The number of aliphatic hydroxyl groups is 11. The summed E-state index contributed by atoms with van der Waals surface area (Å²) in [6.45, 7) is 1.59. The van der Waals surface area contributed by atoms with Crippen LogP contribution in [-0.2, 0) is 33.2 Å². The predicted octanol–water partition coefficient (Wildman–Crippen LogP) is 14.4. The van der Waals surface area contributed by atoms with Crippen LogP contribution in [-0.4, -0.2) is 193 Å². The Morgan fingerprint density at radius 2 is 0.654 bits per heavy atom. The molecule has 12 N–H and O–H groups in total. The molecule has 17 unspecified atom stereocenters. The van der Waals surface area contributed by atoms with E-state index in [1.165, 1.54) is 103 Å². The van der Waals surface area contributed by atoms with E-state index in [1.54, 1.807) is 6.08 Å². The molecule has 0 aromatic rings. The number of nitrogens with one attached hydrogen (secondary N) is 1. The van der Waals surface area contributed by atoms with Crippen LogP contribution in [0.3, 0.4) is 0 Å². The first kappa shape index (κ1) is 96.6. The number of carbonyl (C=O) groups excluding carboxylic acids is 1. The van der Waals surface area contributed by atoms with E-state index in [2.05, 4.69) is 165 Å². The fourth-order valence-electron chi connectivity index (χ4n) is 12.7. The summed E-state index contributed by atoms with van der Waals surface area (Å²) < 4.78 is 34.4. The Hall–Kier alpha value is -4.59. The molecule has 0 aliphatic carbocycles. The monoisotopic (exact) mass is 1500 g/mol. The Morgan fingerprint density at radius 3 is 1.05 bits per heavy atom. The largest absolute Gasteiger partial charge is 0.394 e. The lowest BCUT2D eigenvalue weighted by atomic mass is 9.96. The summed E-state index contributed by atoms with van der Waals surface area (Å²) in [7, 11) is 0. The first-order valence-electron chi connectivity index (χ1n) is 41.2. The van der Waals surface area contributed by atoms with Crippen LogP contribution in [0, 0.1) is 0 Å². The van der Waals surface area contributed by atoms with Gasteiger partial charge < -0.3 is 89.9 Å². The molecule has 3 heterocycles. The average molecular weight is 1510 g/mol. The SMILES string of the molecule is CC/C=C\C/C=C\C/C=C\C/C=C\C/C=C\C/C=C\C/C=C\C/C=C\C/C=C\C/C=C\CCCCCCCCCCCCC(=O)NC(COC1OC(CO)C(OC2OC(CO)C(OC3OC(CO)C(O)C(O)C3O)C(O)C2O)C(O)C1O)C(O)/C=C/CC/C=C/CC/C=C/CCCCCCCCCCCCC. The molecule has 19 heteroatoms. The van der Waals surface area contributed by atoms with Gasteiger partial charge in [-0.25, -0.2) is 0 Å². The normalized spacial score (nSPS) is 26.4. The zero-order valence-corrected chi connectivity index (χ0v) is 65.3. The van der Waals surface area contributed by atoms with Crippen molar-refractivity contribution in [1.82, 2.24) is 5.32 Å². The minimum absolute atomic E-state index is 0.217. The molecule has 19 nitrogen and oxygen atoms in total. The summed E-state index contributed by atoms with van der Waals surface area (Å²) in [5, 5.41) is 121. The second-order valence-corrected chi connectivity index (χ2v) is 28.5. The van der Waals surface area contributed by atoms with Crippen molar-refractivity contribution in [2.24, 2.45) is 0 Å². The molecule has 0 radical (unpaired) electrons. The van der Waals surface area contributed by atoms with Crippen LogP contribution in [0.2, 0.25) is 0 Å². The highest BCUT2D eigenvalue weighted by atomic mass is 16.8.